The summed E-state index contributed by atoms with van der Waals surface area (Å²) in [5.74, 6) is -0.871. The standard InChI is InChI=1S/C25H15Cl3O7/c1-10-21(26)20-19(23(28)22(10)27)24(31)35-25(20)15-6-4-13(32-11(2)29)8-17(15)34-18-9-14(33-12(3)30)5-7-16(18)25/h4-9H,1-3H3. The molecule has 0 bridgehead atoms. The normalized spacial score (nSPS) is 14.4. The summed E-state index contributed by atoms with van der Waals surface area (Å²) in [6, 6.07) is 9.32. The summed E-state index contributed by atoms with van der Waals surface area (Å²) in [5, 5.41) is 0.368. The highest BCUT2D eigenvalue weighted by atomic mass is 35.5. The van der Waals surface area contributed by atoms with Gasteiger partial charge in [-0.1, -0.05) is 34.8 Å². The lowest BCUT2D eigenvalue weighted by Gasteiger charge is -2.37. The fraction of sp³-hybridized carbons (Fsp3) is 0.160. The maximum Gasteiger partial charge on any atom is 0.341 e. The Balaban J connectivity index is 1.86. The zero-order chi connectivity index (χ0) is 25.2. The zero-order valence-corrected chi connectivity index (χ0v) is 20.7. The zero-order valence-electron chi connectivity index (χ0n) is 18.5. The molecule has 178 valence electrons. The van der Waals surface area contributed by atoms with Crippen molar-refractivity contribution in [1.29, 1.82) is 0 Å². The molecule has 2 aliphatic heterocycles. The Labute approximate surface area is 214 Å². The minimum Gasteiger partial charge on any atom is -0.456 e. The van der Waals surface area contributed by atoms with Gasteiger partial charge in [0.2, 0.25) is 0 Å². The summed E-state index contributed by atoms with van der Waals surface area (Å²) in [6.45, 7) is 4.22. The predicted octanol–water partition coefficient (Wildman–Crippen LogP) is 6.37. The second kappa shape index (κ2) is 8.16. The van der Waals surface area contributed by atoms with Crippen LogP contribution in [0, 0.1) is 6.92 Å². The van der Waals surface area contributed by atoms with Crippen molar-refractivity contribution >= 4 is 52.7 Å². The molecule has 0 atom stereocenters. The third-order valence-corrected chi connectivity index (χ3v) is 7.17. The number of carbonyl (C=O) groups excluding carboxylic acids is 3. The molecule has 0 aromatic heterocycles. The van der Waals surface area contributed by atoms with Gasteiger partial charge in [-0.2, -0.15) is 0 Å². The monoisotopic (exact) mass is 532 g/mol. The van der Waals surface area contributed by atoms with Crippen LogP contribution in [0.25, 0.3) is 0 Å². The molecule has 2 aliphatic rings. The van der Waals surface area contributed by atoms with Crippen molar-refractivity contribution in [3.05, 3.63) is 79.3 Å². The molecule has 35 heavy (non-hydrogen) atoms. The number of esters is 3. The van der Waals surface area contributed by atoms with Crippen molar-refractivity contribution in [2.45, 2.75) is 26.4 Å². The molecule has 0 fully saturated rings. The lowest BCUT2D eigenvalue weighted by Crippen LogP contribution is -2.33. The maximum atomic E-state index is 13.2. The number of carbonyl (C=O) groups is 3. The highest BCUT2D eigenvalue weighted by Crippen LogP contribution is 2.60. The summed E-state index contributed by atoms with van der Waals surface area (Å²) in [6.07, 6.45) is 0. The van der Waals surface area contributed by atoms with Crippen LogP contribution in [0.5, 0.6) is 23.0 Å². The predicted molar refractivity (Wildman–Crippen MR) is 127 cm³/mol. The number of hydrogen-bond donors (Lipinski definition) is 0. The average molecular weight is 534 g/mol. The Bertz CT molecular complexity index is 1410. The number of benzene rings is 3. The van der Waals surface area contributed by atoms with E-state index >= 15 is 0 Å². The van der Waals surface area contributed by atoms with Crippen LogP contribution in [0.3, 0.4) is 0 Å². The van der Waals surface area contributed by atoms with E-state index in [1.165, 1.54) is 26.0 Å². The average Bonchev–Trinajstić information content (AvgIpc) is 3.08. The molecule has 1 spiro atoms. The molecule has 0 amide bonds. The van der Waals surface area contributed by atoms with Crippen LogP contribution >= 0.6 is 34.8 Å². The first-order valence-corrected chi connectivity index (χ1v) is 11.4. The van der Waals surface area contributed by atoms with Crippen LogP contribution < -0.4 is 14.2 Å². The van der Waals surface area contributed by atoms with Gasteiger partial charge in [0, 0.05) is 42.7 Å². The molecule has 0 radical (unpaired) electrons. The van der Waals surface area contributed by atoms with Crippen molar-refractivity contribution < 1.29 is 33.3 Å². The summed E-state index contributed by atoms with van der Waals surface area (Å²) >= 11 is 19.6. The second-order valence-corrected chi connectivity index (χ2v) is 9.13. The van der Waals surface area contributed by atoms with Gasteiger partial charge in [0.15, 0.2) is 5.60 Å². The van der Waals surface area contributed by atoms with Gasteiger partial charge >= 0.3 is 17.9 Å². The Kier molecular flexibility index (Phi) is 5.47. The molecular formula is C25H15Cl3O7. The number of halogens is 3. The molecule has 0 aliphatic carbocycles. The largest absolute Gasteiger partial charge is 0.456 e. The van der Waals surface area contributed by atoms with Crippen LogP contribution in [0.2, 0.25) is 15.1 Å². The van der Waals surface area contributed by atoms with E-state index < -0.39 is 23.5 Å². The van der Waals surface area contributed by atoms with Crippen LogP contribution in [-0.4, -0.2) is 17.9 Å². The summed E-state index contributed by atoms with van der Waals surface area (Å²) in [7, 11) is 0. The van der Waals surface area contributed by atoms with Crippen LogP contribution in [-0.2, 0) is 19.9 Å². The van der Waals surface area contributed by atoms with Gasteiger partial charge in [0.25, 0.3) is 0 Å². The van der Waals surface area contributed by atoms with Crippen molar-refractivity contribution in [1.82, 2.24) is 0 Å². The van der Waals surface area contributed by atoms with Crippen LogP contribution in [0.1, 0.15) is 46.5 Å². The minimum atomic E-state index is -1.56. The molecule has 5 rings (SSSR count). The van der Waals surface area contributed by atoms with Gasteiger partial charge in [0.1, 0.15) is 23.0 Å². The molecule has 0 saturated heterocycles. The molecule has 3 aromatic rings. The quantitative estimate of drug-likeness (QED) is 0.215. The first-order valence-electron chi connectivity index (χ1n) is 10.3. The van der Waals surface area contributed by atoms with Crippen molar-refractivity contribution in [2.24, 2.45) is 0 Å². The van der Waals surface area contributed by atoms with E-state index in [2.05, 4.69) is 0 Å². The molecule has 2 heterocycles. The van der Waals surface area contributed by atoms with Gasteiger partial charge in [-0.25, -0.2) is 4.79 Å². The lowest BCUT2D eigenvalue weighted by molar-refractivity contribution is -0.132. The van der Waals surface area contributed by atoms with Gasteiger partial charge < -0.3 is 18.9 Å². The van der Waals surface area contributed by atoms with Crippen molar-refractivity contribution in [2.75, 3.05) is 0 Å². The summed E-state index contributed by atoms with van der Waals surface area (Å²) in [4.78, 5) is 36.2. The Morgan fingerprint density at radius 3 is 1.83 bits per heavy atom. The first-order chi connectivity index (χ1) is 16.5. The van der Waals surface area contributed by atoms with Gasteiger partial charge in [-0.05, 0) is 36.8 Å². The molecule has 7 nitrogen and oxygen atoms in total. The molecule has 0 unspecified atom stereocenters. The van der Waals surface area contributed by atoms with Crippen molar-refractivity contribution in [3.8, 4) is 23.0 Å². The second-order valence-electron chi connectivity index (χ2n) is 7.99. The fourth-order valence-electron chi connectivity index (χ4n) is 4.40. The Hall–Kier alpha value is -3.26. The van der Waals surface area contributed by atoms with E-state index in [1.807, 2.05) is 0 Å². The molecule has 0 saturated carbocycles. The first kappa shape index (κ1) is 23.5. The van der Waals surface area contributed by atoms with Crippen LogP contribution in [0.15, 0.2) is 36.4 Å². The van der Waals surface area contributed by atoms with Crippen LogP contribution in [0.4, 0.5) is 0 Å². The minimum absolute atomic E-state index is 0.0214. The molecule has 10 heteroatoms. The van der Waals surface area contributed by atoms with E-state index in [-0.39, 0.29) is 43.6 Å². The third kappa shape index (κ3) is 3.45. The Morgan fingerprint density at radius 2 is 1.34 bits per heavy atom. The molecule has 0 N–H and O–H groups in total. The Morgan fingerprint density at radius 1 is 0.829 bits per heavy atom. The van der Waals surface area contributed by atoms with E-state index in [9.17, 15) is 14.4 Å². The number of ether oxygens (including phenoxy) is 4. The SMILES string of the molecule is CC(=O)Oc1ccc2c(c1)Oc1cc(OC(C)=O)ccc1C21OC(=O)c2c(Cl)c(Cl)c(C)c(Cl)c21. The number of fused-ring (bicyclic) bond motifs is 6. The van der Waals surface area contributed by atoms with Gasteiger partial charge in [0.05, 0.1) is 20.6 Å². The van der Waals surface area contributed by atoms with Gasteiger partial charge in [-0.3, -0.25) is 9.59 Å². The third-order valence-electron chi connectivity index (χ3n) is 5.75. The highest BCUT2D eigenvalue weighted by molar-refractivity contribution is 6.46. The summed E-state index contributed by atoms with van der Waals surface area (Å²) < 4.78 is 22.6. The maximum absolute atomic E-state index is 13.2. The van der Waals surface area contributed by atoms with E-state index in [1.54, 1.807) is 31.2 Å². The van der Waals surface area contributed by atoms with Crippen molar-refractivity contribution in [3.63, 3.8) is 0 Å². The summed E-state index contributed by atoms with van der Waals surface area (Å²) in [5.41, 5.74) is 0.106. The lowest BCUT2D eigenvalue weighted by atomic mass is 9.77. The van der Waals surface area contributed by atoms with E-state index in [0.29, 0.717) is 22.3 Å². The van der Waals surface area contributed by atoms with Gasteiger partial charge in [-0.15, -0.1) is 0 Å². The fourth-order valence-corrected chi connectivity index (χ4v) is 5.27. The van der Waals surface area contributed by atoms with E-state index in [0.717, 1.165) is 0 Å². The highest BCUT2D eigenvalue weighted by Gasteiger charge is 2.56. The topological polar surface area (TPSA) is 88.1 Å². The molecule has 3 aromatic carbocycles. The number of rotatable bonds is 2. The number of hydrogen-bond acceptors (Lipinski definition) is 7. The van der Waals surface area contributed by atoms with E-state index in [4.69, 9.17) is 53.8 Å². The smallest absolute Gasteiger partial charge is 0.341 e. The molecular weight excluding hydrogens is 519 g/mol.